The quantitative estimate of drug-likeness (QED) is 0.914. The van der Waals surface area contributed by atoms with Crippen LogP contribution in [0.3, 0.4) is 0 Å². The molecule has 0 spiro atoms. The van der Waals surface area contributed by atoms with Crippen molar-refractivity contribution in [1.82, 2.24) is 14.3 Å². The number of carbonyl (C=O) groups excluding carboxylic acids is 1. The lowest BCUT2D eigenvalue weighted by atomic mass is 10.1. The van der Waals surface area contributed by atoms with E-state index in [1.54, 1.807) is 10.6 Å². The van der Waals surface area contributed by atoms with E-state index in [1.807, 2.05) is 24.4 Å². The van der Waals surface area contributed by atoms with E-state index < -0.39 is 12.0 Å². The van der Waals surface area contributed by atoms with Gasteiger partial charge in [-0.3, -0.25) is 4.79 Å². The van der Waals surface area contributed by atoms with Crippen molar-refractivity contribution >= 4 is 17.5 Å². The third kappa shape index (κ3) is 2.61. The maximum atomic E-state index is 12.6. The fourth-order valence-corrected chi connectivity index (χ4v) is 2.79. The second-order valence-corrected chi connectivity index (χ2v) is 5.29. The average molecular weight is 287 g/mol. The molecule has 1 unspecified atom stereocenters. The van der Waals surface area contributed by atoms with Crippen molar-refractivity contribution in [3.8, 4) is 0 Å². The van der Waals surface area contributed by atoms with Crippen LogP contribution in [0.15, 0.2) is 30.6 Å². The first-order valence-electron chi connectivity index (χ1n) is 7.14. The molecule has 0 radical (unpaired) electrons. The predicted octanol–water partition coefficient (Wildman–Crippen LogP) is 1.80. The van der Waals surface area contributed by atoms with E-state index in [0.29, 0.717) is 24.3 Å². The summed E-state index contributed by atoms with van der Waals surface area (Å²) in [6.45, 7) is 0.476. The van der Waals surface area contributed by atoms with Gasteiger partial charge in [-0.05, 0) is 25.0 Å². The Hall–Kier alpha value is -2.37. The van der Waals surface area contributed by atoms with Crippen molar-refractivity contribution in [1.29, 1.82) is 0 Å². The Morgan fingerprint density at radius 3 is 2.86 bits per heavy atom. The molecule has 3 rings (SSSR count). The van der Waals surface area contributed by atoms with Crippen molar-refractivity contribution in [2.75, 3.05) is 6.54 Å². The van der Waals surface area contributed by atoms with E-state index in [9.17, 15) is 14.7 Å². The number of rotatable bonds is 2. The van der Waals surface area contributed by atoms with E-state index in [0.717, 1.165) is 19.3 Å². The molecule has 110 valence electrons. The molecule has 1 fully saturated rings. The Labute approximate surface area is 122 Å². The highest BCUT2D eigenvalue weighted by Gasteiger charge is 2.32. The van der Waals surface area contributed by atoms with Gasteiger partial charge in [0.15, 0.2) is 0 Å². The highest BCUT2D eigenvalue weighted by atomic mass is 16.4. The maximum Gasteiger partial charge on any atom is 0.326 e. The number of hydrogen-bond acceptors (Lipinski definition) is 3. The molecule has 2 aromatic heterocycles. The summed E-state index contributed by atoms with van der Waals surface area (Å²) in [5.74, 6) is -1.23. The van der Waals surface area contributed by atoms with Crippen LogP contribution in [0.4, 0.5) is 0 Å². The molecule has 6 nitrogen and oxygen atoms in total. The Bertz CT molecular complexity index is 647. The summed E-state index contributed by atoms with van der Waals surface area (Å²) in [5.41, 5.74) is 0.983. The van der Waals surface area contributed by atoms with Crippen LogP contribution < -0.4 is 0 Å². The fraction of sp³-hybridized carbons (Fsp3) is 0.400. The molecule has 0 aromatic carbocycles. The van der Waals surface area contributed by atoms with Crippen LogP contribution in [0.2, 0.25) is 0 Å². The van der Waals surface area contributed by atoms with E-state index in [-0.39, 0.29) is 5.91 Å². The lowest BCUT2D eigenvalue weighted by Crippen LogP contribution is -2.44. The molecule has 0 saturated carbocycles. The number of likely N-dealkylation sites (tertiary alicyclic amines) is 1. The monoisotopic (exact) mass is 287 g/mol. The standard InChI is InChI=1S/C15H17N3O3/c19-14(11-10-17-8-5-3-7-13(17)16-11)18-9-4-1-2-6-12(18)15(20)21/h3,5,7-8,10,12H,1-2,4,6,9H2,(H,20,21). The first kappa shape index (κ1) is 13.6. The van der Waals surface area contributed by atoms with Crippen molar-refractivity contribution in [2.45, 2.75) is 31.7 Å². The van der Waals surface area contributed by atoms with Crippen molar-refractivity contribution in [3.05, 3.63) is 36.3 Å². The van der Waals surface area contributed by atoms with E-state index >= 15 is 0 Å². The van der Waals surface area contributed by atoms with Crippen LogP contribution >= 0.6 is 0 Å². The zero-order valence-electron chi connectivity index (χ0n) is 11.6. The van der Waals surface area contributed by atoms with Gasteiger partial charge in [0.05, 0.1) is 0 Å². The molecular formula is C15H17N3O3. The summed E-state index contributed by atoms with van der Waals surface area (Å²) in [6.07, 6.45) is 6.61. The molecule has 1 N–H and O–H groups in total. The van der Waals surface area contributed by atoms with Crippen LogP contribution in [-0.2, 0) is 4.79 Å². The zero-order valence-corrected chi connectivity index (χ0v) is 11.6. The number of carboxylic acid groups (broad SMARTS) is 1. The number of carboxylic acids is 1. The minimum Gasteiger partial charge on any atom is -0.480 e. The van der Waals surface area contributed by atoms with Gasteiger partial charge in [-0.2, -0.15) is 0 Å². The van der Waals surface area contributed by atoms with E-state index in [2.05, 4.69) is 4.98 Å². The van der Waals surface area contributed by atoms with Gasteiger partial charge in [0.1, 0.15) is 17.4 Å². The van der Waals surface area contributed by atoms with Gasteiger partial charge in [0.25, 0.3) is 5.91 Å². The Kier molecular flexibility index (Phi) is 3.60. The molecular weight excluding hydrogens is 270 g/mol. The normalized spacial score (nSPS) is 19.4. The molecule has 1 amide bonds. The van der Waals surface area contributed by atoms with Crippen molar-refractivity contribution in [2.24, 2.45) is 0 Å². The van der Waals surface area contributed by atoms with Crippen molar-refractivity contribution < 1.29 is 14.7 Å². The first-order valence-corrected chi connectivity index (χ1v) is 7.14. The van der Waals surface area contributed by atoms with Crippen LogP contribution in [-0.4, -0.2) is 43.9 Å². The molecule has 2 aromatic rings. The molecule has 21 heavy (non-hydrogen) atoms. The van der Waals surface area contributed by atoms with Crippen LogP contribution in [0.1, 0.15) is 36.2 Å². The van der Waals surface area contributed by atoms with Gasteiger partial charge < -0.3 is 14.4 Å². The molecule has 1 aliphatic rings. The molecule has 3 heterocycles. The third-order valence-corrected chi connectivity index (χ3v) is 3.88. The second-order valence-electron chi connectivity index (χ2n) is 5.29. The summed E-state index contributed by atoms with van der Waals surface area (Å²) >= 11 is 0. The number of amides is 1. The van der Waals surface area contributed by atoms with Crippen LogP contribution in [0.25, 0.3) is 5.65 Å². The minimum absolute atomic E-state index is 0.298. The summed E-state index contributed by atoms with van der Waals surface area (Å²) in [7, 11) is 0. The summed E-state index contributed by atoms with van der Waals surface area (Å²) < 4.78 is 1.76. The Morgan fingerprint density at radius 2 is 2.10 bits per heavy atom. The zero-order chi connectivity index (χ0) is 14.8. The largest absolute Gasteiger partial charge is 0.480 e. The number of aromatic nitrogens is 2. The molecule has 1 saturated heterocycles. The molecule has 1 atom stereocenters. The number of hydrogen-bond donors (Lipinski definition) is 1. The number of fused-ring (bicyclic) bond motifs is 1. The number of carbonyl (C=O) groups is 2. The van der Waals surface area contributed by atoms with Gasteiger partial charge >= 0.3 is 5.97 Å². The van der Waals surface area contributed by atoms with E-state index in [4.69, 9.17) is 0 Å². The molecule has 0 bridgehead atoms. The predicted molar refractivity (Wildman–Crippen MR) is 76.1 cm³/mol. The smallest absolute Gasteiger partial charge is 0.326 e. The topological polar surface area (TPSA) is 74.9 Å². The first-order chi connectivity index (χ1) is 10.2. The lowest BCUT2D eigenvalue weighted by molar-refractivity contribution is -0.142. The van der Waals surface area contributed by atoms with Gasteiger partial charge in [-0.25, -0.2) is 9.78 Å². The highest BCUT2D eigenvalue weighted by molar-refractivity contribution is 5.95. The summed E-state index contributed by atoms with van der Waals surface area (Å²) in [6, 6.07) is 4.77. The van der Waals surface area contributed by atoms with Gasteiger partial charge in [0, 0.05) is 18.9 Å². The third-order valence-electron chi connectivity index (χ3n) is 3.88. The molecule has 1 aliphatic heterocycles. The van der Waals surface area contributed by atoms with Gasteiger partial charge in [0.2, 0.25) is 0 Å². The fourth-order valence-electron chi connectivity index (χ4n) is 2.79. The number of nitrogens with zero attached hydrogens (tertiary/aromatic N) is 3. The van der Waals surface area contributed by atoms with E-state index in [1.165, 1.54) is 4.90 Å². The SMILES string of the molecule is O=C(O)C1CCCCCN1C(=O)c1cn2ccccc2n1. The minimum atomic E-state index is -0.936. The number of aliphatic carboxylic acids is 1. The van der Waals surface area contributed by atoms with Crippen LogP contribution in [0.5, 0.6) is 0 Å². The number of imidazole rings is 1. The van der Waals surface area contributed by atoms with Crippen LogP contribution in [0, 0.1) is 0 Å². The average Bonchev–Trinajstić information content (AvgIpc) is 2.75. The van der Waals surface area contributed by atoms with Crippen molar-refractivity contribution in [3.63, 3.8) is 0 Å². The maximum absolute atomic E-state index is 12.6. The highest BCUT2D eigenvalue weighted by Crippen LogP contribution is 2.19. The molecule has 6 heteroatoms. The Morgan fingerprint density at radius 1 is 1.24 bits per heavy atom. The summed E-state index contributed by atoms with van der Waals surface area (Å²) in [4.78, 5) is 29.8. The summed E-state index contributed by atoms with van der Waals surface area (Å²) in [5, 5.41) is 9.35. The van der Waals surface area contributed by atoms with Gasteiger partial charge in [-0.15, -0.1) is 0 Å². The number of pyridine rings is 1. The molecule has 0 aliphatic carbocycles. The van der Waals surface area contributed by atoms with Gasteiger partial charge in [-0.1, -0.05) is 18.9 Å². The second kappa shape index (κ2) is 5.55. The lowest BCUT2D eigenvalue weighted by Gasteiger charge is -2.26. The Balaban J connectivity index is 1.92.